The van der Waals surface area contributed by atoms with E-state index in [0.717, 1.165) is 22.3 Å². The number of nitrogens with zero attached hydrogens (tertiary/aromatic N) is 2. The molecule has 2 aliphatic carbocycles. The minimum Gasteiger partial charge on any atom is -0.496 e. The van der Waals surface area contributed by atoms with Crippen LogP contribution >= 0.6 is 0 Å². The fraction of sp³-hybridized carbons (Fsp3) is 0.351. The summed E-state index contributed by atoms with van der Waals surface area (Å²) in [5.41, 5.74) is 4.61. The van der Waals surface area contributed by atoms with Crippen LogP contribution in [0.5, 0.6) is 34.5 Å². The molecule has 2 saturated carbocycles. The molecule has 0 bridgehead atoms. The van der Waals surface area contributed by atoms with Crippen molar-refractivity contribution < 1.29 is 57.2 Å². The molecular weight excluding hydrogens is 1190 g/mol. The van der Waals surface area contributed by atoms with Crippen LogP contribution in [0, 0.1) is 0 Å². The lowest BCUT2D eigenvalue weighted by atomic mass is 9.90. The summed E-state index contributed by atoms with van der Waals surface area (Å²) in [7, 11) is 10.6. The molecule has 0 atom stereocenters. The number of methoxy groups -OCH3 is 2. The number of carbonyl (C=O) groups excluding carboxylic acids is 6. The van der Waals surface area contributed by atoms with Crippen molar-refractivity contribution in [1.29, 1.82) is 0 Å². The smallest absolute Gasteiger partial charge is 0.255 e. The van der Waals surface area contributed by atoms with Gasteiger partial charge >= 0.3 is 0 Å². The number of nitrogens with one attached hydrogen (secondary N) is 6. The van der Waals surface area contributed by atoms with Crippen molar-refractivity contribution in [3.8, 4) is 34.5 Å². The molecule has 7 aromatic rings. The van der Waals surface area contributed by atoms with Crippen molar-refractivity contribution in [1.82, 2.24) is 41.7 Å². The maximum atomic E-state index is 14.4. The number of hydrogen-bond donors (Lipinski definition) is 6. The second-order valence-corrected chi connectivity index (χ2v) is 24.1. The number of likely N-dealkylation sites (N-methyl/N-ethyl adjacent to an activating group) is 2. The maximum absolute atomic E-state index is 14.4. The minimum atomic E-state index is -0.441. The number of benzene rings is 7. The standard InChI is InChI=1S/C74H86N8O12/c1-81(2)37-35-75-69(83)59-40-61(67(93-47-51-23-15-9-16-24-51)43-65(59)91-45-49-19-11-7-12-20-49)73(87)79-55-31-27-53(28-32-55)77-71(85)57-39-58(64(90-6)42-63(57)89-5)72(86)78-54-29-33-56(34-30-54)80-74(88)62-41-60(70(84)76-36-38-82(3)4)66(92-46-50-21-13-8-14-22-50)44-68(62)94-48-52-25-17-10-18-26-52/h7-26,39-44,53-56H,27-38,45-48H2,1-6H3,(H,75,83)(H,76,84)(H,77,85)(H,78,86)(H,79,87)(H,80,88)/t53-,54-,55-,56-. The summed E-state index contributed by atoms with van der Waals surface area (Å²) < 4.78 is 36.7. The van der Waals surface area contributed by atoms with E-state index in [2.05, 4.69) is 31.9 Å². The minimum absolute atomic E-state index is 0.146. The van der Waals surface area contributed by atoms with Gasteiger partial charge in [0.2, 0.25) is 0 Å². The number of hydrogen-bond acceptors (Lipinski definition) is 14. The fourth-order valence-corrected chi connectivity index (χ4v) is 11.3. The van der Waals surface area contributed by atoms with Crippen molar-refractivity contribution in [3.05, 3.63) is 213 Å². The molecule has 9 rings (SSSR count). The lowest BCUT2D eigenvalue weighted by Crippen LogP contribution is -2.44. The summed E-state index contributed by atoms with van der Waals surface area (Å²) in [6.07, 6.45) is 4.26. The molecule has 94 heavy (non-hydrogen) atoms. The largest absolute Gasteiger partial charge is 0.496 e. The molecule has 2 fully saturated rings. The highest BCUT2D eigenvalue weighted by molar-refractivity contribution is 6.05. The molecule has 7 aromatic carbocycles. The van der Waals surface area contributed by atoms with Gasteiger partial charge in [-0.25, -0.2) is 0 Å². The van der Waals surface area contributed by atoms with E-state index in [1.165, 1.54) is 38.5 Å². The molecule has 0 aliphatic heterocycles. The zero-order valence-electron chi connectivity index (χ0n) is 54.4. The number of rotatable bonds is 30. The second kappa shape index (κ2) is 34.1. The predicted octanol–water partition coefficient (Wildman–Crippen LogP) is 9.54. The van der Waals surface area contributed by atoms with Crippen molar-refractivity contribution in [2.45, 2.75) is 102 Å². The first-order valence-corrected chi connectivity index (χ1v) is 32.0. The molecular formula is C74H86N8O12. The zero-order chi connectivity index (χ0) is 66.3. The van der Waals surface area contributed by atoms with Crippen LogP contribution in [0.4, 0.5) is 0 Å². The molecule has 0 heterocycles. The third-order valence-electron chi connectivity index (χ3n) is 16.6. The Balaban J connectivity index is 0.831. The van der Waals surface area contributed by atoms with E-state index >= 15 is 0 Å². The summed E-state index contributed by atoms with van der Waals surface area (Å²) in [6, 6.07) is 46.6. The number of ether oxygens (including phenoxy) is 6. The van der Waals surface area contributed by atoms with Gasteiger partial charge in [0.25, 0.3) is 35.4 Å². The highest BCUT2D eigenvalue weighted by Crippen LogP contribution is 2.35. The van der Waals surface area contributed by atoms with E-state index in [1.54, 1.807) is 12.1 Å². The predicted molar refractivity (Wildman–Crippen MR) is 359 cm³/mol. The number of carbonyl (C=O) groups is 6. The van der Waals surface area contributed by atoms with Gasteiger partial charge in [-0.2, -0.15) is 0 Å². The molecule has 20 nitrogen and oxygen atoms in total. The van der Waals surface area contributed by atoms with E-state index < -0.39 is 35.4 Å². The molecule has 0 radical (unpaired) electrons. The highest BCUT2D eigenvalue weighted by Gasteiger charge is 2.32. The average Bonchev–Trinajstić information content (AvgIpc) is 0.839. The van der Waals surface area contributed by atoms with Gasteiger partial charge in [0.1, 0.15) is 60.9 Å². The first-order chi connectivity index (χ1) is 45.6. The van der Waals surface area contributed by atoms with E-state index in [-0.39, 0.29) is 118 Å². The van der Waals surface area contributed by atoms with Gasteiger partial charge in [0, 0.05) is 68.5 Å². The van der Waals surface area contributed by atoms with Crippen LogP contribution in [0.15, 0.2) is 158 Å². The van der Waals surface area contributed by atoms with Crippen LogP contribution in [0.25, 0.3) is 0 Å². The summed E-state index contributed by atoms with van der Waals surface area (Å²) in [6.45, 7) is 2.64. The van der Waals surface area contributed by atoms with Crippen molar-refractivity contribution >= 4 is 35.4 Å². The summed E-state index contributed by atoms with van der Waals surface area (Å²) in [5.74, 6) is -1.02. The Kier molecular flexibility index (Phi) is 24.8. The third kappa shape index (κ3) is 19.6. The van der Waals surface area contributed by atoms with E-state index in [0.29, 0.717) is 77.5 Å². The molecule has 494 valence electrons. The van der Waals surface area contributed by atoms with Gasteiger partial charge < -0.3 is 70.1 Å². The Bertz CT molecular complexity index is 3440. The van der Waals surface area contributed by atoms with Crippen LogP contribution in [0.2, 0.25) is 0 Å². The van der Waals surface area contributed by atoms with Gasteiger partial charge in [-0.15, -0.1) is 0 Å². The highest BCUT2D eigenvalue weighted by atomic mass is 16.5. The van der Waals surface area contributed by atoms with E-state index in [1.807, 2.05) is 159 Å². The Morgan fingerprint density at radius 2 is 0.553 bits per heavy atom. The normalized spacial score (nSPS) is 16.0. The van der Waals surface area contributed by atoms with Crippen LogP contribution in [0.3, 0.4) is 0 Å². The van der Waals surface area contributed by atoms with Gasteiger partial charge in [0.15, 0.2) is 0 Å². The lowest BCUT2D eigenvalue weighted by molar-refractivity contribution is 0.0882. The first kappa shape index (κ1) is 68.4. The number of amides is 6. The molecule has 2 aliphatic rings. The average molecular weight is 1280 g/mol. The fourth-order valence-electron chi connectivity index (χ4n) is 11.3. The van der Waals surface area contributed by atoms with Crippen molar-refractivity contribution in [3.63, 3.8) is 0 Å². The van der Waals surface area contributed by atoms with Gasteiger partial charge in [-0.3, -0.25) is 28.8 Å². The quantitative estimate of drug-likeness (QED) is 0.0246. The van der Waals surface area contributed by atoms with Gasteiger partial charge in [0.05, 0.1) is 47.6 Å². The topological polar surface area (TPSA) is 236 Å². The van der Waals surface area contributed by atoms with E-state index in [9.17, 15) is 28.8 Å². The van der Waals surface area contributed by atoms with E-state index in [4.69, 9.17) is 28.4 Å². The van der Waals surface area contributed by atoms with Crippen molar-refractivity contribution in [2.75, 3.05) is 68.6 Å². The first-order valence-electron chi connectivity index (χ1n) is 32.0. The SMILES string of the molecule is COc1cc(OC)c(C(=O)N[C@H]2CC[C@H](NC(=O)c3cc(C(=O)NCCN(C)C)c(OCc4ccccc4)cc3OCc3ccccc3)CC2)cc1C(=O)N[C@H]1CC[C@H](NC(=O)c2cc(C(=O)NCCN(C)C)c(OCc3ccccc3)cc2OCc2ccccc2)CC1. The summed E-state index contributed by atoms with van der Waals surface area (Å²) >= 11 is 0. The maximum Gasteiger partial charge on any atom is 0.255 e. The summed E-state index contributed by atoms with van der Waals surface area (Å²) in [5, 5.41) is 18.6. The molecule has 6 amide bonds. The molecule has 0 saturated heterocycles. The summed E-state index contributed by atoms with van der Waals surface area (Å²) in [4.78, 5) is 89.1. The van der Waals surface area contributed by atoms with Crippen LogP contribution < -0.4 is 60.3 Å². The second-order valence-electron chi connectivity index (χ2n) is 24.1. The molecule has 6 N–H and O–H groups in total. The van der Waals surface area contributed by atoms with Gasteiger partial charge in [-0.05, 0) is 120 Å². The van der Waals surface area contributed by atoms with Gasteiger partial charge in [-0.1, -0.05) is 121 Å². The van der Waals surface area contributed by atoms with Crippen LogP contribution in [0.1, 0.15) is 136 Å². The Hall–Kier alpha value is -9.92. The molecule has 0 aromatic heterocycles. The lowest BCUT2D eigenvalue weighted by Gasteiger charge is -2.30. The Morgan fingerprint density at radius 3 is 0.787 bits per heavy atom. The Labute approximate surface area is 550 Å². The molecule has 20 heteroatoms. The van der Waals surface area contributed by atoms with Crippen LogP contribution in [-0.2, 0) is 26.4 Å². The zero-order valence-corrected chi connectivity index (χ0v) is 54.4. The molecule has 0 spiro atoms. The third-order valence-corrected chi connectivity index (χ3v) is 16.6. The molecule has 0 unspecified atom stereocenters. The monoisotopic (exact) mass is 1280 g/mol. The Morgan fingerprint density at radius 1 is 0.330 bits per heavy atom. The van der Waals surface area contributed by atoms with Crippen LogP contribution in [-0.4, -0.2) is 138 Å². The van der Waals surface area contributed by atoms with Crippen molar-refractivity contribution in [2.24, 2.45) is 0 Å².